The Labute approximate surface area is 239 Å². The Bertz CT molecular complexity index is 2070. The molecule has 0 aliphatic heterocycles. The first-order valence-electron chi connectivity index (χ1n) is 19.6. The van der Waals surface area contributed by atoms with Gasteiger partial charge in [-0.25, -0.2) is 19.0 Å². The number of aromatic nitrogens is 5. The maximum Gasteiger partial charge on any atom is 0.191 e. The van der Waals surface area contributed by atoms with Crippen LogP contribution in [0.15, 0.2) is 23.3 Å². The summed E-state index contributed by atoms with van der Waals surface area (Å²) in [6.07, 6.45) is -22.5. The quantitative estimate of drug-likeness (QED) is 0.225. The molecule has 5 rings (SSSR count). The molecule has 2 heterocycles. The molecule has 0 unspecified atom stereocenters. The van der Waals surface area contributed by atoms with Crippen LogP contribution in [0.4, 0.5) is 10.2 Å². The van der Waals surface area contributed by atoms with Crippen molar-refractivity contribution in [3.8, 4) is 0 Å². The molecule has 0 saturated heterocycles. The minimum atomic E-state index is -4.28. The molecule has 1 aromatic carbocycles. The molecule has 2 aromatic heterocycles. The molecule has 194 valence electrons. The summed E-state index contributed by atoms with van der Waals surface area (Å²) < 4.78 is 178. The van der Waals surface area contributed by atoms with Gasteiger partial charge in [0.15, 0.2) is 22.1 Å². The van der Waals surface area contributed by atoms with Gasteiger partial charge >= 0.3 is 0 Å². The highest BCUT2D eigenvalue weighted by Gasteiger charge is 2.45. The standard InChI is InChI=1S/C24H31FN6O4S/c1-3-8-36-24-27-22(26-16-10-14(16)13-5-4-12(2)15(25)9-13)19-23(28-24)31(30-29-19)17-11-18(35-7-6-32)21(34)20(17)33/h4-5,9,14,16-18,20-21,32-34H,3,6-8,10-11H2,1-2H3,(H,26,27,28)/t14-,16+,17+,18-,20-,21+/m0/s1/i3D2,4D,5D,6D2,8D2,9D,10D2,11D2,14D,16D,17D,18D,20D,21D. The molecule has 12 heteroatoms. The first kappa shape index (κ1) is 11.2. The molecule has 0 bridgehead atoms. The van der Waals surface area contributed by atoms with Gasteiger partial charge in [-0.2, -0.15) is 0 Å². The average Bonchev–Trinajstić information content (AvgIpc) is 3.31. The summed E-state index contributed by atoms with van der Waals surface area (Å²) in [6.45, 7) is -3.12. The van der Waals surface area contributed by atoms with E-state index in [1.807, 2.05) is 0 Å². The zero-order valence-electron chi connectivity index (χ0n) is 37.5. The lowest BCUT2D eigenvalue weighted by Gasteiger charge is -2.17. The van der Waals surface area contributed by atoms with Crippen molar-refractivity contribution in [2.45, 2.75) is 74.3 Å². The van der Waals surface area contributed by atoms with Gasteiger partial charge < -0.3 is 25.4 Å². The highest BCUT2D eigenvalue weighted by molar-refractivity contribution is 7.99. The fraction of sp³-hybridized carbons (Fsp3) is 0.583. The van der Waals surface area contributed by atoms with Gasteiger partial charge in [0, 0.05) is 36.3 Å². The smallest absolute Gasteiger partial charge is 0.191 e. The van der Waals surface area contributed by atoms with Gasteiger partial charge in [-0.05, 0) is 36.8 Å². The number of hydrogen-bond acceptors (Lipinski definition) is 10. The van der Waals surface area contributed by atoms with E-state index in [0.29, 0.717) is 0 Å². The molecule has 10 nitrogen and oxygen atoms in total. The Hall–Kier alpha value is -2.38. The minimum absolute atomic E-state index is 0.0905. The predicted octanol–water partition coefficient (Wildman–Crippen LogP) is 2.18. The summed E-state index contributed by atoms with van der Waals surface area (Å²) >= 11 is -0.0924. The van der Waals surface area contributed by atoms with E-state index in [1.165, 1.54) is 0 Å². The number of anilines is 1. The molecule has 2 aliphatic carbocycles. The van der Waals surface area contributed by atoms with Gasteiger partial charge in [0.2, 0.25) is 0 Å². The van der Waals surface area contributed by atoms with E-state index in [1.54, 1.807) is 0 Å². The predicted molar refractivity (Wildman–Crippen MR) is 133 cm³/mol. The number of halogens is 1. The van der Waals surface area contributed by atoms with Crippen molar-refractivity contribution in [1.82, 2.24) is 25.0 Å². The van der Waals surface area contributed by atoms with Crippen LogP contribution in [-0.4, -0.2) is 83.4 Å². The third kappa shape index (κ3) is 4.92. The molecule has 0 amide bonds. The molecule has 3 aromatic rings. The lowest BCUT2D eigenvalue weighted by atomic mass is 10.1. The second kappa shape index (κ2) is 10.5. The van der Waals surface area contributed by atoms with Crippen molar-refractivity contribution >= 4 is 28.7 Å². The zero-order chi connectivity index (χ0) is 42.5. The van der Waals surface area contributed by atoms with Crippen LogP contribution in [0.2, 0.25) is 0 Å². The van der Waals surface area contributed by atoms with Crippen LogP contribution >= 0.6 is 11.8 Å². The van der Waals surface area contributed by atoms with E-state index in [9.17, 15) is 15.3 Å². The van der Waals surface area contributed by atoms with Crippen molar-refractivity contribution in [1.29, 1.82) is 0 Å². The SMILES string of the molecule is [2H]c1c([2H])c([C@]2([2H])C([2H])([2H])[C@@]2([2H])Nc2nc(SC([2H])([2H])C([2H])([2H])C)nc3c2nnn3[C@]2([2H])C([2H])([2H])[C@]([2H])(OCC([2H])([2H])O)[C@@]([2H])(O)[C@@]2([2H])O)c([2H])c(F)c1C. The van der Waals surface area contributed by atoms with Crippen LogP contribution < -0.4 is 5.32 Å². The Balaban J connectivity index is 1.79. The highest BCUT2D eigenvalue weighted by atomic mass is 32.2. The number of aliphatic hydroxyl groups is 3. The highest BCUT2D eigenvalue weighted by Crippen LogP contribution is 2.44. The Kier molecular flexibility index (Phi) is 3.27. The molecule has 2 aliphatic rings. The molecule has 36 heavy (non-hydrogen) atoms. The summed E-state index contributed by atoms with van der Waals surface area (Å²) in [4.78, 5) is 7.87. The summed E-state index contributed by atoms with van der Waals surface area (Å²) in [5.41, 5.74) is -6.40. The van der Waals surface area contributed by atoms with E-state index in [4.69, 9.17) is 30.8 Å². The van der Waals surface area contributed by atoms with E-state index >= 15 is 4.39 Å². The second-order valence-corrected chi connectivity index (χ2v) is 7.89. The zero-order valence-corrected chi connectivity index (χ0v) is 19.3. The van der Waals surface area contributed by atoms with Crippen molar-refractivity contribution < 1.29 is 50.5 Å². The fourth-order valence-electron chi connectivity index (χ4n) is 3.05. The maximum atomic E-state index is 15.0. The van der Waals surface area contributed by atoms with Gasteiger partial charge in [0.25, 0.3) is 0 Å². The Morgan fingerprint density at radius 3 is 2.97 bits per heavy atom. The van der Waals surface area contributed by atoms with E-state index in [0.717, 1.165) is 13.8 Å². The van der Waals surface area contributed by atoms with Crippen LogP contribution in [0, 0.1) is 12.7 Å². The van der Waals surface area contributed by atoms with Crippen LogP contribution in [0.25, 0.3) is 11.2 Å². The normalized spacial score (nSPS) is 51.6. The number of benzene rings is 1. The largest absolute Gasteiger partial charge is 0.394 e. The fourth-order valence-corrected chi connectivity index (χ4v) is 3.51. The number of ether oxygens (including phenoxy) is 1. The summed E-state index contributed by atoms with van der Waals surface area (Å²) in [6, 6.07) is -10.1. The van der Waals surface area contributed by atoms with Gasteiger partial charge in [-0.15, -0.1) is 5.10 Å². The van der Waals surface area contributed by atoms with E-state index < -0.39 is 131 Å². The van der Waals surface area contributed by atoms with Crippen LogP contribution in [-0.2, 0) is 4.74 Å². The van der Waals surface area contributed by atoms with Gasteiger partial charge in [0.05, 0.1) is 39.0 Å². The average molecular weight is 538 g/mol. The lowest BCUT2D eigenvalue weighted by molar-refractivity contribution is -0.0629. The van der Waals surface area contributed by atoms with Gasteiger partial charge in [-0.3, -0.25) is 0 Å². The van der Waals surface area contributed by atoms with Crippen molar-refractivity contribution in [2.75, 3.05) is 24.2 Å². The van der Waals surface area contributed by atoms with E-state index in [-0.39, 0.29) is 16.4 Å². The first-order valence-corrected chi connectivity index (χ1v) is 10.9. The van der Waals surface area contributed by atoms with Crippen LogP contribution in [0.3, 0.4) is 0 Å². The number of nitrogens with zero attached hydrogens (tertiary/aromatic N) is 5. The van der Waals surface area contributed by atoms with Crippen LogP contribution in [0.1, 0.15) is 75.1 Å². The molecule has 0 radical (unpaired) electrons. The maximum absolute atomic E-state index is 15.0. The summed E-state index contributed by atoms with van der Waals surface area (Å²) in [5.74, 6) is -5.42. The first-order chi connectivity index (χ1) is 24.4. The monoisotopic (exact) mass is 537 g/mol. The number of rotatable bonds is 10. The summed E-state index contributed by atoms with van der Waals surface area (Å²) in [7, 11) is 0. The Morgan fingerprint density at radius 2 is 2.19 bits per heavy atom. The lowest BCUT2D eigenvalue weighted by Crippen LogP contribution is -2.33. The number of hydrogen-bond donors (Lipinski definition) is 4. The molecule has 6 atom stereocenters. The third-order valence-electron chi connectivity index (χ3n) is 4.78. The molecule has 4 N–H and O–H groups in total. The molecular weight excluding hydrogens is 487 g/mol. The Morgan fingerprint density at radius 1 is 1.36 bits per heavy atom. The van der Waals surface area contributed by atoms with E-state index in [2.05, 4.69) is 25.6 Å². The topological polar surface area (TPSA) is 138 Å². The van der Waals surface area contributed by atoms with Crippen molar-refractivity contribution in [2.24, 2.45) is 0 Å². The molecule has 0 spiro atoms. The van der Waals surface area contributed by atoms with Gasteiger partial charge in [0.1, 0.15) is 18.0 Å². The van der Waals surface area contributed by atoms with Gasteiger partial charge in [-0.1, -0.05) is 36.0 Å². The number of nitrogens with one attached hydrogen (secondary N) is 1. The number of fused-ring (bicyclic) bond motifs is 1. The van der Waals surface area contributed by atoms with Crippen molar-refractivity contribution in [3.05, 3.63) is 35.1 Å². The molecule has 2 fully saturated rings. The third-order valence-corrected chi connectivity index (χ3v) is 5.45. The van der Waals surface area contributed by atoms with Crippen molar-refractivity contribution in [3.63, 3.8) is 0 Å². The molecular formula is C24H31FN6O4S. The minimum Gasteiger partial charge on any atom is -0.394 e. The summed E-state index contributed by atoms with van der Waals surface area (Å²) in [5, 5.41) is 40.3. The van der Waals surface area contributed by atoms with Crippen LogP contribution in [0.5, 0.6) is 0 Å². The molecule has 2 saturated carbocycles. The second-order valence-electron chi connectivity index (χ2n) is 7.12. The number of thioether (sulfide) groups is 1.